The molecule has 2 aromatic rings. The molecule has 168 valence electrons. The quantitative estimate of drug-likeness (QED) is 0.610. The number of nitrogens with one attached hydrogen (secondary N) is 2. The minimum absolute atomic E-state index is 0.0229. The van der Waals surface area contributed by atoms with Gasteiger partial charge in [-0.15, -0.1) is 0 Å². The number of hydrogen-bond acceptors (Lipinski definition) is 6. The molecule has 0 bridgehead atoms. The van der Waals surface area contributed by atoms with E-state index in [9.17, 15) is 18.8 Å². The van der Waals surface area contributed by atoms with E-state index in [0.29, 0.717) is 10.6 Å². The molecule has 2 amide bonds. The van der Waals surface area contributed by atoms with Crippen LogP contribution < -0.4 is 15.4 Å². The number of methoxy groups -OCH3 is 1. The van der Waals surface area contributed by atoms with Gasteiger partial charge in [-0.1, -0.05) is 23.7 Å². The molecule has 0 aliphatic carbocycles. The van der Waals surface area contributed by atoms with Crippen molar-refractivity contribution in [1.82, 2.24) is 10.6 Å². The fourth-order valence-electron chi connectivity index (χ4n) is 3.10. The highest BCUT2D eigenvalue weighted by atomic mass is 35.5. The summed E-state index contributed by atoms with van der Waals surface area (Å²) in [5, 5.41) is 5.62. The number of hydrogen-bond donors (Lipinski definition) is 2. The van der Waals surface area contributed by atoms with Crippen LogP contribution in [0.15, 0.2) is 53.7 Å². The van der Waals surface area contributed by atoms with Crippen molar-refractivity contribution in [2.24, 2.45) is 0 Å². The third-order valence-electron chi connectivity index (χ3n) is 4.59. The second kappa shape index (κ2) is 10.1. The van der Waals surface area contributed by atoms with Gasteiger partial charge >= 0.3 is 18.0 Å². The van der Waals surface area contributed by atoms with Crippen LogP contribution in [0.1, 0.15) is 28.9 Å². The number of halogens is 2. The summed E-state index contributed by atoms with van der Waals surface area (Å²) in [6.45, 7) is 1.29. The monoisotopic (exact) mass is 462 g/mol. The Morgan fingerprint density at radius 1 is 1.09 bits per heavy atom. The summed E-state index contributed by atoms with van der Waals surface area (Å²) in [5.41, 5.74) is 0.640. The van der Waals surface area contributed by atoms with Crippen molar-refractivity contribution in [3.63, 3.8) is 0 Å². The van der Waals surface area contributed by atoms with Crippen LogP contribution in [0.5, 0.6) is 5.75 Å². The molecule has 0 saturated carbocycles. The first-order valence-corrected chi connectivity index (χ1v) is 9.95. The van der Waals surface area contributed by atoms with E-state index in [1.54, 1.807) is 31.2 Å². The average molecular weight is 463 g/mol. The average Bonchev–Trinajstić information content (AvgIpc) is 2.77. The van der Waals surface area contributed by atoms with Gasteiger partial charge in [-0.05, 0) is 42.8 Å². The topological polar surface area (TPSA) is 103 Å². The molecule has 1 atom stereocenters. The molecule has 0 saturated heterocycles. The molecular formula is C22H20ClFN2O6. The van der Waals surface area contributed by atoms with Gasteiger partial charge in [0.1, 0.15) is 6.61 Å². The van der Waals surface area contributed by atoms with Crippen molar-refractivity contribution in [3.8, 4) is 5.75 Å². The van der Waals surface area contributed by atoms with Gasteiger partial charge in [0.2, 0.25) is 0 Å². The Morgan fingerprint density at radius 2 is 1.81 bits per heavy atom. The number of rotatable bonds is 7. The Balaban J connectivity index is 1.90. The van der Waals surface area contributed by atoms with Gasteiger partial charge in [0.25, 0.3) is 0 Å². The van der Waals surface area contributed by atoms with Crippen LogP contribution in [-0.4, -0.2) is 38.3 Å². The summed E-state index contributed by atoms with van der Waals surface area (Å²) in [6, 6.07) is 8.69. The molecule has 1 aliphatic heterocycles. The van der Waals surface area contributed by atoms with Gasteiger partial charge in [0, 0.05) is 5.02 Å². The number of amides is 2. The van der Waals surface area contributed by atoms with Gasteiger partial charge in [-0.3, -0.25) is 0 Å². The largest absolute Gasteiger partial charge is 0.494 e. The van der Waals surface area contributed by atoms with Crippen molar-refractivity contribution in [3.05, 3.63) is 75.7 Å². The maximum absolute atomic E-state index is 13.9. The summed E-state index contributed by atoms with van der Waals surface area (Å²) in [5.74, 6) is -2.30. The Morgan fingerprint density at radius 3 is 2.44 bits per heavy atom. The highest BCUT2D eigenvalue weighted by molar-refractivity contribution is 6.30. The van der Waals surface area contributed by atoms with E-state index in [1.165, 1.54) is 19.2 Å². The molecule has 0 unspecified atom stereocenters. The maximum atomic E-state index is 13.9. The molecule has 2 N–H and O–H groups in total. The molecule has 2 aromatic carbocycles. The van der Waals surface area contributed by atoms with Crippen LogP contribution >= 0.6 is 11.6 Å². The first kappa shape index (κ1) is 23.1. The summed E-state index contributed by atoms with van der Waals surface area (Å²) in [6.07, 6.45) is 0. The SMILES string of the molecule is CCOC(=O)C1=C(COC(=O)c2ccc(OC)c(F)c2)NC(=O)N[C@@H]1c1ccc(Cl)cc1. The number of ether oxygens (including phenoxy) is 3. The lowest BCUT2D eigenvalue weighted by Crippen LogP contribution is -2.47. The van der Waals surface area contributed by atoms with E-state index < -0.39 is 36.4 Å². The van der Waals surface area contributed by atoms with E-state index >= 15 is 0 Å². The lowest BCUT2D eigenvalue weighted by atomic mass is 9.95. The van der Waals surface area contributed by atoms with Crippen LogP contribution in [-0.2, 0) is 14.3 Å². The molecule has 0 fully saturated rings. The molecule has 1 heterocycles. The van der Waals surface area contributed by atoms with Crippen molar-refractivity contribution in [2.75, 3.05) is 20.3 Å². The molecule has 3 rings (SSSR count). The first-order valence-electron chi connectivity index (χ1n) is 9.57. The third kappa shape index (κ3) is 5.17. The van der Waals surface area contributed by atoms with E-state index in [1.807, 2.05) is 0 Å². The Kier molecular flexibility index (Phi) is 7.32. The highest BCUT2D eigenvalue weighted by Gasteiger charge is 2.34. The predicted molar refractivity (Wildman–Crippen MR) is 113 cm³/mol. The highest BCUT2D eigenvalue weighted by Crippen LogP contribution is 2.29. The maximum Gasteiger partial charge on any atom is 0.338 e. The number of urea groups is 1. The van der Waals surface area contributed by atoms with Crippen molar-refractivity contribution < 1.29 is 33.0 Å². The summed E-state index contributed by atoms with van der Waals surface area (Å²) in [4.78, 5) is 37.3. The van der Waals surface area contributed by atoms with Gasteiger partial charge in [-0.2, -0.15) is 0 Å². The minimum atomic E-state index is -0.854. The van der Waals surface area contributed by atoms with Crippen LogP contribution in [0.2, 0.25) is 5.02 Å². The smallest absolute Gasteiger partial charge is 0.338 e. The zero-order chi connectivity index (χ0) is 23.3. The molecule has 1 aliphatic rings. The Labute approximate surface area is 188 Å². The molecule has 8 nitrogen and oxygen atoms in total. The summed E-state index contributed by atoms with van der Waals surface area (Å²) in [7, 11) is 1.30. The molecule has 32 heavy (non-hydrogen) atoms. The predicted octanol–water partition coefficient (Wildman–Crippen LogP) is 3.52. The molecule has 10 heteroatoms. The molecule has 0 aromatic heterocycles. The fourth-order valence-corrected chi connectivity index (χ4v) is 3.23. The van der Waals surface area contributed by atoms with Gasteiger partial charge in [-0.25, -0.2) is 18.8 Å². The first-order chi connectivity index (χ1) is 15.3. The lowest BCUT2D eigenvalue weighted by molar-refractivity contribution is -0.139. The molecule has 0 radical (unpaired) electrons. The van der Waals surface area contributed by atoms with E-state index in [2.05, 4.69) is 10.6 Å². The third-order valence-corrected chi connectivity index (χ3v) is 4.84. The number of carbonyl (C=O) groups excluding carboxylic acids is 3. The zero-order valence-corrected chi connectivity index (χ0v) is 18.0. The molecule has 0 spiro atoms. The van der Waals surface area contributed by atoms with Gasteiger partial charge in [0.15, 0.2) is 11.6 Å². The van der Waals surface area contributed by atoms with Gasteiger partial charge < -0.3 is 24.8 Å². The minimum Gasteiger partial charge on any atom is -0.494 e. The van der Waals surface area contributed by atoms with E-state index in [-0.39, 0.29) is 29.2 Å². The second-order valence-corrected chi connectivity index (χ2v) is 7.06. The summed E-state index contributed by atoms with van der Waals surface area (Å²) < 4.78 is 29.1. The molecular weight excluding hydrogens is 443 g/mol. The summed E-state index contributed by atoms with van der Waals surface area (Å²) >= 11 is 5.93. The van der Waals surface area contributed by atoms with E-state index in [4.69, 9.17) is 25.8 Å². The lowest BCUT2D eigenvalue weighted by Gasteiger charge is -2.29. The van der Waals surface area contributed by atoms with Crippen LogP contribution in [0.3, 0.4) is 0 Å². The van der Waals surface area contributed by atoms with E-state index in [0.717, 1.165) is 6.07 Å². The zero-order valence-electron chi connectivity index (χ0n) is 17.2. The Bertz CT molecular complexity index is 1070. The standard InChI is InChI=1S/C22H20ClFN2O6/c1-3-31-21(28)18-16(11-32-20(27)13-6-9-17(30-2)15(24)10-13)25-22(29)26-19(18)12-4-7-14(23)8-5-12/h4-10,19H,3,11H2,1-2H3,(H2,25,26,29)/t19-/m1/s1. The normalized spacial score (nSPS) is 15.5. The van der Waals surface area contributed by atoms with Crippen LogP contribution in [0, 0.1) is 5.82 Å². The second-order valence-electron chi connectivity index (χ2n) is 6.62. The number of esters is 2. The van der Waals surface area contributed by atoms with Crippen LogP contribution in [0.4, 0.5) is 9.18 Å². The van der Waals surface area contributed by atoms with Crippen LogP contribution in [0.25, 0.3) is 0 Å². The number of benzene rings is 2. The van der Waals surface area contributed by atoms with Gasteiger partial charge in [0.05, 0.1) is 36.6 Å². The fraction of sp³-hybridized carbons (Fsp3) is 0.227. The number of carbonyl (C=O) groups is 3. The van der Waals surface area contributed by atoms with Crippen molar-refractivity contribution in [2.45, 2.75) is 13.0 Å². The van der Waals surface area contributed by atoms with Crippen molar-refractivity contribution >= 4 is 29.6 Å². The van der Waals surface area contributed by atoms with Crippen molar-refractivity contribution in [1.29, 1.82) is 0 Å². The Hall–Kier alpha value is -3.59.